The average molecular weight is 369 g/mol. The molecule has 1 N–H and O–H groups in total. The lowest BCUT2D eigenvalue weighted by molar-refractivity contribution is -0.135. The molecule has 1 fully saturated rings. The van der Waals surface area contributed by atoms with E-state index >= 15 is 0 Å². The van der Waals surface area contributed by atoms with Crippen LogP contribution in [0.15, 0.2) is 41.8 Å². The monoisotopic (exact) mass is 369 g/mol. The zero-order valence-corrected chi connectivity index (χ0v) is 15.2. The molecule has 2 heterocycles. The van der Waals surface area contributed by atoms with Crippen LogP contribution in [0.1, 0.15) is 23.3 Å². The minimum absolute atomic E-state index is 0.267. The van der Waals surface area contributed by atoms with Crippen molar-refractivity contribution >= 4 is 34.9 Å². The lowest BCUT2D eigenvalue weighted by atomic mass is 9.80. The number of hydrogen-bond donors (Lipinski definition) is 1. The normalized spacial score (nSPS) is 21.7. The average Bonchev–Trinajstić information content (AvgIpc) is 3.22. The molecule has 1 aliphatic carbocycles. The summed E-state index contributed by atoms with van der Waals surface area (Å²) in [5, 5.41) is 4.82. The molecule has 26 heavy (non-hydrogen) atoms. The molecule has 0 radical (unpaired) electrons. The molecule has 0 unspecified atom stereocenters. The summed E-state index contributed by atoms with van der Waals surface area (Å²) >= 11 is 1.61. The molecule has 4 rings (SSSR count). The van der Waals surface area contributed by atoms with Gasteiger partial charge in [-0.2, -0.15) is 0 Å². The summed E-state index contributed by atoms with van der Waals surface area (Å²) in [6.07, 6.45) is 2.33. The van der Waals surface area contributed by atoms with E-state index in [1.54, 1.807) is 18.4 Å². The molecule has 4 amide bonds. The first-order valence-electron chi connectivity index (χ1n) is 8.55. The Morgan fingerprint density at radius 3 is 2.81 bits per heavy atom. The third kappa shape index (κ3) is 2.50. The molecular formula is C19H19N3O3S. The van der Waals surface area contributed by atoms with Gasteiger partial charge in [0.15, 0.2) is 0 Å². The second-order valence-corrected chi connectivity index (χ2v) is 7.63. The van der Waals surface area contributed by atoms with Gasteiger partial charge in [-0.3, -0.25) is 14.5 Å². The van der Waals surface area contributed by atoms with Crippen LogP contribution in [0, 0.1) is 0 Å². The second-order valence-electron chi connectivity index (χ2n) is 6.63. The molecule has 2 aliphatic rings. The summed E-state index contributed by atoms with van der Waals surface area (Å²) in [5.41, 5.74) is 0.603. The van der Waals surface area contributed by atoms with Crippen LogP contribution in [0.2, 0.25) is 0 Å². The molecule has 1 aromatic carbocycles. The van der Waals surface area contributed by atoms with Crippen LogP contribution in [0.3, 0.4) is 0 Å². The molecule has 0 saturated carbocycles. The number of rotatable bonds is 3. The number of imide groups is 1. The lowest BCUT2D eigenvalue weighted by Crippen LogP contribution is -2.47. The van der Waals surface area contributed by atoms with Crippen molar-refractivity contribution < 1.29 is 14.4 Å². The number of urea groups is 1. The van der Waals surface area contributed by atoms with E-state index in [9.17, 15) is 14.4 Å². The second kappa shape index (κ2) is 6.25. The third-order valence-electron chi connectivity index (χ3n) is 5.15. The van der Waals surface area contributed by atoms with E-state index in [0.717, 1.165) is 33.9 Å². The maximum absolute atomic E-state index is 13.1. The van der Waals surface area contributed by atoms with E-state index < -0.39 is 11.6 Å². The van der Waals surface area contributed by atoms with E-state index in [2.05, 4.69) is 5.32 Å². The van der Waals surface area contributed by atoms with E-state index in [1.165, 1.54) is 4.90 Å². The molecule has 7 heteroatoms. The number of carbonyl (C=O) groups excluding carboxylic acids is 3. The van der Waals surface area contributed by atoms with Crippen molar-refractivity contribution in [3.8, 4) is 0 Å². The number of hydrogen-bond acceptors (Lipinski definition) is 4. The number of nitrogens with zero attached hydrogens (tertiary/aromatic N) is 2. The van der Waals surface area contributed by atoms with Crippen LogP contribution in [0.25, 0.3) is 0 Å². The number of nitrogens with one attached hydrogen (secondary N) is 1. The van der Waals surface area contributed by atoms with Gasteiger partial charge in [-0.1, -0.05) is 18.2 Å². The maximum atomic E-state index is 13.1. The Balaban J connectivity index is 1.57. The summed E-state index contributed by atoms with van der Waals surface area (Å²) in [4.78, 5) is 41.9. The van der Waals surface area contributed by atoms with Crippen molar-refractivity contribution in [2.45, 2.75) is 24.8 Å². The summed E-state index contributed by atoms with van der Waals surface area (Å²) in [6, 6.07) is 10.6. The fourth-order valence-corrected chi connectivity index (χ4v) is 4.72. The molecule has 1 aromatic heterocycles. The number of likely N-dealkylation sites (N-methyl/N-ethyl adjacent to an activating group) is 1. The van der Waals surface area contributed by atoms with Crippen LogP contribution in [0.4, 0.5) is 10.5 Å². The SMILES string of the molecule is CN(C(=O)CN1C(=O)N[C@@]2(CCCc3sccc32)C1=O)c1ccccc1. The minimum Gasteiger partial charge on any atom is -0.319 e. The van der Waals surface area contributed by atoms with Gasteiger partial charge in [-0.05, 0) is 42.8 Å². The maximum Gasteiger partial charge on any atom is 0.325 e. The number of anilines is 1. The van der Waals surface area contributed by atoms with Gasteiger partial charge in [-0.25, -0.2) is 4.79 Å². The molecule has 0 bridgehead atoms. The highest BCUT2D eigenvalue weighted by molar-refractivity contribution is 7.10. The van der Waals surface area contributed by atoms with E-state index in [1.807, 2.05) is 41.8 Å². The number of benzene rings is 1. The van der Waals surface area contributed by atoms with Crippen LogP contribution in [0.5, 0.6) is 0 Å². The topological polar surface area (TPSA) is 69.7 Å². The highest BCUT2D eigenvalue weighted by Crippen LogP contribution is 2.42. The number of thiophene rings is 1. The van der Waals surface area contributed by atoms with Crippen LogP contribution in [-0.2, 0) is 21.5 Å². The molecule has 6 nitrogen and oxygen atoms in total. The first-order chi connectivity index (χ1) is 12.5. The van der Waals surface area contributed by atoms with Crippen molar-refractivity contribution in [3.05, 3.63) is 52.2 Å². The highest BCUT2D eigenvalue weighted by atomic mass is 32.1. The van der Waals surface area contributed by atoms with Crippen molar-refractivity contribution in [3.63, 3.8) is 0 Å². The summed E-state index contributed by atoms with van der Waals surface area (Å²) in [6.45, 7) is -0.267. The summed E-state index contributed by atoms with van der Waals surface area (Å²) in [7, 11) is 1.64. The Hall–Kier alpha value is -2.67. The largest absolute Gasteiger partial charge is 0.325 e. The number of para-hydroxylation sites is 1. The number of fused-ring (bicyclic) bond motifs is 2. The standard InChI is InChI=1S/C19H19N3O3S/c1-21(13-6-3-2-4-7-13)16(23)12-22-17(24)19(20-18(22)25)10-5-8-15-14(19)9-11-26-15/h2-4,6-7,9,11H,5,8,10,12H2,1H3,(H,20,25)/t19-/m1/s1. The first kappa shape index (κ1) is 16.8. The van der Waals surface area contributed by atoms with Crippen molar-refractivity contribution in [1.82, 2.24) is 10.2 Å². The van der Waals surface area contributed by atoms with Gasteiger partial charge in [0.2, 0.25) is 5.91 Å². The Morgan fingerprint density at radius 1 is 1.27 bits per heavy atom. The van der Waals surface area contributed by atoms with Crippen molar-refractivity contribution in [2.75, 3.05) is 18.5 Å². The summed E-state index contributed by atoms with van der Waals surface area (Å²) < 4.78 is 0. The van der Waals surface area contributed by atoms with E-state index in [0.29, 0.717) is 6.42 Å². The van der Waals surface area contributed by atoms with Gasteiger partial charge >= 0.3 is 6.03 Å². The van der Waals surface area contributed by atoms with Gasteiger partial charge in [0.1, 0.15) is 12.1 Å². The zero-order chi connectivity index (χ0) is 18.3. The smallest absolute Gasteiger partial charge is 0.319 e. The Morgan fingerprint density at radius 2 is 2.04 bits per heavy atom. The number of aryl methyl sites for hydroxylation is 1. The predicted octanol–water partition coefficient (Wildman–Crippen LogP) is 2.49. The van der Waals surface area contributed by atoms with Gasteiger partial charge in [-0.15, -0.1) is 11.3 Å². The van der Waals surface area contributed by atoms with Crippen LogP contribution >= 0.6 is 11.3 Å². The Kier molecular flexibility index (Phi) is 4.03. The molecule has 134 valence electrons. The number of carbonyl (C=O) groups is 3. The third-order valence-corrected chi connectivity index (χ3v) is 6.13. The molecule has 1 atom stereocenters. The minimum atomic E-state index is -1.00. The quantitative estimate of drug-likeness (QED) is 0.845. The molecule has 1 spiro atoms. The van der Waals surface area contributed by atoms with E-state index in [4.69, 9.17) is 0 Å². The fraction of sp³-hybridized carbons (Fsp3) is 0.316. The van der Waals surface area contributed by atoms with Crippen molar-refractivity contribution in [2.24, 2.45) is 0 Å². The first-order valence-corrected chi connectivity index (χ1v) is 9.43. The lowest BCUT2D eigenvalue weighted by Gasteiger charge is -2.31. The highest BCUT2D eigenvalue weighted by Gasteiger charge is 2.54. The Labute approximate surface area is 155 Å². The van der Waals surface area contributed by atoms with E-state index in [-0.39, 0.29) is 18.4 Å². The molecule has 1 saturated heterocycles. The van der Waals surface area contributed by atoms with Crippen molar-refractivity contribution in [1.29, 1.82) is 0 Å². The fourth-order valence-electron chi connectivity index (χ4n) is 3.72. The number of amides is 4. The predicted molar refractivity (Wildman–Crippen MR) is 99.0 cm³/mol. The van der Waals surface area contributed by atoms with Gasteiger partial charge in [0, 0.05) is 23.2 Å². The zero-order valence-electron chi connectivity index (χ0n) is 14.4. The van der Waals surface area contributed by atoms with Crippen LogP contribution < -0.4 is 10.2 Å². The summed E-state index contributed by atoms with van der Waals surface area (Å²) in [5.74, 6) is -0.630. The van der Waals surface area contributed by atoms with Gasteiger partial charge in [0.05, 0.1) is 0 Å². The van der Waals surface area contributed by atoms with Crippen LogP contribution in [-0.4, -0.2) is 36.3 Å². The molecular weight excluding hydrogens is 350 g/mol. The Bertz CT molecular complexity index is 879. The van der Waals surface area contributed by atoms with Gasteiger partial charge < -0.3 is 10.2 Å². The molecule has 1 aliphatic heterocycles. The van der Waals surface area contributed by atoms with Gasteiger partial charge in [0.25, 0.3) is 5.91 Å². The molecule has 2 aromatic rings.